The van der Waals surface area contributed by atoms with Gasteiger partial charge in [-0.1, -0.05) is 102 Å². The molecule has 156 valence electrons. The smallest absolute Gasteiger partial charge is 0.309 e. The Kier molecular flexibility index (Phi) is 7.91. The molecule has 0 radical (unpaired) electrons. The Morgan fingerprint density at radius 1 is 0.966 bits per heavy atom. The summed E-state index contributed by atoms with van der Waals surface area (Å²) >= 11 is 0. The molecular formula is C27H36O2. The number of unbranched alkanes of at least 4 members (excludes halogenated alkanes) is 7. The molecule has 0 saturated carbocycles. The molecule has 3 rings (SSSR count). The molecule has 2 aromatic carbocycles. The van der Waals surface area contributed by atoms with E-state index in [1.165, 1.54) is 73.3 Å². The predicted octanol–water partition coefficient (Wildman–Crippen LogP) is 7.79. The largest absolute Gasteiger partial charge is 0.453 e. The second kappa shape index (κ2) is 10.6. The summed E-state index contributed by atoms with van der Waals surface area (Å²) in [5.74, 6) is -0.257. The number of esters is 1. The summed E-state index contributed by atoms with van der Waals surface area (Å²) in [5, 5.41) is 2.49. The highest BCUT2D eigenvalue weighted by molar-refractivity contribution is 5.97. The molecule has 1 aliphatic rings. The van der Waals surface area contributed by atoms with Crippen LogP contribution in [0, 0.1) is 5.92 Å². The maximum atomic E-state index is 12.1. The van der Waals surface area contributed by atoms with E-state index in [-0.39, 0.29) is 18.0 Å². The molecule has 0 aromatic heterocycles. The van der Waals surface area contributed by atoms with E-state index in [2.05, 4.69) is 49.4 Å². The number of carbonyl (C=O) groups is 1. The molecule has 0 bridgehead atoms. The third-order valence-corrected chi connectivity index (χ3v) is 5.97. The van der Waals surface area contributed by atoms with Gasteiger partial charge in [0, 0.05) is 5.56 Å². The topological polar surface area (TPSA) is 26.3 Å². The van der Waals surface area contributed by atoms with Crippen LogP contribution in [0.4, 0.5) is 0 Å². The SMILES string of the molecule is CCCCCCCCCCc1ccc2cccc3c2c1C=CC3OC(=O)C(C)C. The van der Waals surface area contributed by atoms with Crippen molar-refractivity contribution in [2.45, 2.75) is 84.7 Å². The lowest BCUT2D eigenvalue weighted by atomic mass is 9.87. The molecule has 2 nitrogen and oxygen atoms in total. The number of aryl methyl sites for hydroxylation is 1. The summed E-state index contributed by atoms with van der Waals surface area (Å²) in [4.78, 5) is 12.1. The molecule has 1 unspecified atom stereocenters. The second-order valence-corrected chi connectivity index (χ2v) is 8.68. The molecule has 2 heteroatoms. The van der Waals surface area contributed by atoms with Crippen LogP contribution in [0.1, 0.15) is 94.9 Å². The van der Waals surface area contributed by atoms with Gasteiger partial charge in [-0.2, -0.15) is 0 Å². The number of ether oxygens (including phenoxy) is 1. The molecule has 0 spiro atoms. The van der Waals surface area contributed by atoms with Gasteiger partial charge in [-0.05, 0) is 40.8 Å². The first kappa shape index (κ1) is 21.6. The Morgan fingerprint density at radius 3 is 2.41 bits per heavy atom. The van der Waals surface area contributed by atoms with E-state index in [1.807, 2.05) is 13.8 Å². The van der Waals surface area contributed by atoms with E-state index in [4.69, 9.17) is 4.74 Å². The number of hydrogen-bond donors (Lipinski definition) is 0. The van der Waals surface area contributed by atoms with Crippen LogP contribution in [-0.4, -0.2) is 5.97 Å². The monoisotopic (exact) mass is 392 g/mol. The zero-order valence-corrected chi connectivity index (χ0v) is 18.4. The molecule has 0 heterocycles. The first-order valence-electron chi connectivity index (χ1n) is 11.5. The van der Waals surface area contributed by atoms with Crippen molar-refractivity contribution >= 4 is 22.8 Å². The van der Waals surface area contributed by atoms with Gasteiger partial charge in [-0.15, -0.1) is 0 Å². The lowest BCUT2D eigenvalue weighted by Gasteiger charge is -2.24. The second-order valence-electron chi connectivity index (χ2n) is 8.68. The minimum absolute atomic E-state index is 0.114. The number of benzene rings is 2. The summed E-state index contributed by atoms with van der Waals surface area (Å²) in [6.07, 6.45) is 15.8. The molecule has 0 amide bonds. The third-order valence-electron chi connectivity index (χ3n) is 5.97. The molecule has 0 fully saturated rings. The van der Waals surface area contributed by atoms with Gasteiger partial charge in [-0.25, -0.2) is 0 Å². The highest BCUT2D eigenvalue weighted by Crippen LogP contribution is 2.37. The normalized spacial score (nSPS) is 15.2. The summed E-state index contributed by atoms with van der Waals surface area (Å²) in [7, 11) is 0. The van der Waals surface area contributed by atoms with E-state index in [0.29, 0.717) is 0 Å². The molecule has 1 atom stereocenters. The van der Waals surface area contributed by atoms with Crippen molar-refractivity contribution in [1.82, 2.24) is 0 Å². The Bertz CT molecular complexity index is 847. The maximum Gasteiger partial charge on any atom is 0.309 e. The number of hydrogen-bond acceptors (Lipinski definition) is 2. The van der Waals surface area contributed by atoms with Crippen molar-refractivity contribution in [2.75, 3.05) is 0 Å². The third kappa shape index (κ3) is 5.50. The van der Waals surface area contributed by atoms with Gasteiger partial charge >= 0.3 is 5.97 Å². The minimum Gasteiger partial charge on any atom is -0.453 e. The summed E-state index contributed by atoms with van der Waals surface area (Å²) < 4.78 is 5.77. The van der Waals surface area contributed by atoms with E-state index >= 15 is 0 Å². The average molecular weight is 393 g/mol. The molecule has 29 heavy (non-hydrogen) atoms. The van der Waals surface area contributed by atoms with Crippen molar-refractivity contribution in [2.24, 2.45) is 5.92 Å². The molecule has 0 saturated heterocycles. The van der Waals surface area contributed by atoms with Gasteiger partial charge in [-0.3, -0.25) is 4.79 Å². The Labute approximate surface area is 176 Å². The van der Waals surface area contributed by atoms with Crippen LogP contribution >= 0.6 is 0 Å². The molecule has 2 aromatic rings. The lowest BCUT2D eigenvalue weighted by Crippen LogP contribution is -2.16. The summed E-state index contributed by atoms with van der Waals surface area (Å²) in [5.41, 5.74) is 3.85. The summed E-state index contributed by atoms with van der Waals surface area (Å²) in [6.45, 7) is 6.03. The van der Waals surface area contributed by atoms with Gasteiger partial charge < -0.3 is 4.74 Å². The van der Waals surface area contributed by atoms with Gasteiger partial charge in [0.05, 0.1) is 5.92 Å². The molecule has 0 N–H and O–H groups in total. The summed E-state index contributed by atoms with van der Waals surface area (Å²) in [6, 6.07) is 10.8. The predicted molar refractivity (Wildman–Crippen MR) is 123 cm³/mol. The van der Waals surface area contributed by atoms with Crippen molar-refractivity contribution < 1.29 is 9.53 Å². The fourth-order valence-electron chi connectivity index (χ4n) is 4.23. The molecule has 0 aliphatic heterocycles. The number of carbonyl (C=O) groups excluding carboxylic acids is 1. The van der Waals surface area contributed by atoms with Crippen LogP contribution in [0.3, 0.4) is 0 Å². The zero-order chi connectivity index (χ0) is 20.6. The van der Waals surface area contributed by atoms with Crippen LogP contribution in [0.5, 0.6) is 0 Å². The lowest BCUT2D eigenvalue weighted by molar-refractivity contribution is -0.150. The van der Waals surface area contributed by atoms with Crippen LogP contribution < -0.4 is 0 Å². The fourth-order valence-corrected chi connectivity index (χ4v) is 4.23. The highest BCUT2D eigenvalue weighted by atomic mass is 16.5. The van der Waals surface area contributed by atoms with Crippen molar-refractivity contribution in [3.05, 3.63) is 53.1 Å². The Hall–Kier alpha value is -2.09. The minimum atomic E-state index is -0.278. The van der Waals surface area contributed by atoms with Gasteiger partial charge in [0.15, 0.2) is 0 Å². The van der Waals surface area contributed by atoms with Crippen molar-refractivity contribution in [3.8, 4) is 0 Å². The Balaban J connectivity index is 1.67. The quantitative estimate of drug-likeness (QED) is 0.288. The first-order chi connectivity index (χ1) is 14.1. The standard InChI is InChI=1S/C27H36O2/c1-4-5-6-7-8-9-10-11-13-21-16-17-22-14-12-15-24-25(29-27(28)20(2)3)19-18-23(21)26(22)24/h12,14-20,25H,4-11,13H2,1-3H3. The van der Waals surface area contributed by atoms with Crippen LogP contribution in [0.25, 0.3) is 16.8 Å². The van der Waals surface area contributed by atoms with E-state index in [0.717, 1.165) is 12.0 Å². The van der Waals surface area contributed by atoms with Crippen LogP contribution in [0.2, 0.25) is 0 Å². The van der Waals surface area contributed by atoms with Crippen molar-refractivity contribution in [1.29, 1.82) is 0 Å². The highest BCUT2D eigenvalue weighted by Gasteiger charge is 2.23. The van der Waals surface area contributed by atoms with E-state index in [1.54, 1.807) is 0 Å². The number of rotatable bonds is 11. The van der Waals surface area contributed by atoms with Gasteiger partial charge in [0.25, 0.3) is 0 Å². The maximum absolute atomic E-state index is 12.1. The first-order valence-corrected chi connectivity index (χ1v) is 11.5. The van der Waals surface area contributed by atoms with E-state index in [9.17, 15) is 4.79 Å². The van der Waals surface area contributed by atoms with Gasteiger partial charge in [0.1, 0.15) is 6.10 Å². The van der Waals surface area contributed by atoms with Crippen molar-refractivity contribution in [3.63, 3.8) is 0 Å². The average Bonchev–Trinajstić information content (AvgIpc) is 2.72. The zero-order valence-electron chi connectivity index (χ0n) is 18.4. The Morgan fingerprint density at radius 2 is 1.69 bits per heavy atom. The van der Waals surface area contributed by atoms with Gasteiger partial charge in [0.2, 0.25) is 0 Å². The fraction of sp³-hybridized carbons (Fsp3) is 0.519. The van der Waals surface area contributed by atoms with Crippen LogP contribution in [0.15, 0.2) is 36.4 Å². The molecule has 1 aliphatic carbocycles. The molecular weight excluding hydrogens is 356 g/mol. The van der Waals surface area contributed by atoms with E-state index < -0.39 is 0 Å². The van der Waals surface area contributed by atoms with Crippen LogP contribution in [-0.2, 0) is 16.0 Å².